The smallest absolute Gasteiger partial charge is 0.233 e. The van der Waals surface area contributed by atoms with Gasteiger partial charge in [-0.15, -0.1) is 11.8 Å². The van der Waals surface area contributed by atoms with Crippen LogP contribution in [0.3, 0.4) is 0 Å². The SMILES string of the molecule is CCC(C)(C)NC(=O)C(C)Sc1ccc(N)cc1C. The van der Waals surface area contributed by atoms with E-state index in [1.54, 1.807) is 11.8 Å². The maximum atomic E-state index is 12.1. The highest BCUT2D eigenvalue weighted by atomic mass is 32.2. The predicted octanol–water partition coefficient (Wildman–Crippen LogP) is 3.36. The van der Waals surface area contributed by atoms with E-state index in [0.29, 0.717) is 0 Å². The number of hydrogen-bond acceptors (Lipinski definition) is 3. The Balaban J connectivity index is 2.69. The number of hydrogen-bond donors (Lipinski definition) is 2. The lowest BCUT2D eigenvalue weighted by molar-refractivity contribution is -0.121. The second-order valence-corrected chi connectivity index (χ2v) is 6.89. The number of anilines is 1. The molecule has 3 N–H and O–H groups in total. The molecule has 0 spiro atoms. The summed E-state index contributed by atoms with van der Waals surface area (Å²) in [5, 5.41) is 2.95. The van der Waals surface area contributed by atoms with E-state index in [0.717, 1.165) is 22.6 Å². The van der Waals surface area contributed by atoms with Gasteiger partial charge in [-0.2, -0.15) is 0 Å². The van der Waals surface area contributed by atoms with Crippen LogP contribution in [-0.4, -0.2) is 16.7 Å². The Morgan fingerprint density at radius 1 is 1.47 bits per heavy atom. The van der Waals surface area contributed by atoms with Crippen LogP contribution < -0.4 is 11.1 Å². The zero-order valence-electron chi connectivity index (χ0n) is 12.4. The number of aryl methyl sites for hydroxylation is 1. The number of nitrogens with two attached hydrogens (primary N) is 1. The van der Waals surface area contributed by atoms with E-state index in [1.165, 1.54) is 0 Å². The van der Waals surface area contributed by atoms with Gasteiger partial charge in [-0.05, 0) is 57.9 Å². The van der Waals surface area contributed by atoms with Crippen molar-refractivity contribution >= 4 is 23.4 Å². The van der Waals surface area contributed by atoms with Gasteiger partial charge in [0, 0.05) is 16.1 Å². The Labute approximate surface area is 120 Å². The summed E-state index contributed by atoms with van der Waals surface area (Å²) in [6.45, 7) is 10.1. The van der Waals surface area contributed by atoms with E-state index in [4.69, 9.17) is 5.73 Å². The number of rotatable bonds is 5. The molecule has 0 bridgehead atoms. The fraction of sp³-hybridized carbons (Fsp3) is 0.533. The minimum Gasteiger partial charge on any atom is -0.399 e. The third kappa shape index (κ3) is 4.78. The molecule has 0 aromatic heterocycles. The molecular weight excluding hydrogens is 256 g/mol. The molecule has 19 heavy (non-hydrogen) atoms. The predicted molar refractivity (Wildman–Crippen MR) is 83.4 cm³/mol. The summed E-state index contributed by atoms with van der Waals surface area (Å²) in [4.78, 5) is 13.2. The van der Waals surface area contributed by atoms with Crippen LogP contribution in [-0.2, 0) is 4.79 Å². The number of thioether (sulfide) groups is 1. The molecule has 0 saturated carbocycles. The second-order valence-electron chi connectivity index (χ2n) is 5.51. The number of amides is 1. The second kappa shape index (κ2) is 6.33. The number of carbonyl (C=O) groups is 1. The summed E-state index contributed by atoms with van der Waals surface area (Å²) < 4.78 is 0. The molecule has 0 fully saturated rings. The van der Waals surface area contributed by atoms with E-state index < -0.39 is 0 Å². The van der Waals surface area contributed by atoms with Crippen molar-refractivity contribution in [1.82, 2.24) is 5.32 Å². The van der Waals surface area contributed by atoms with Crippen molar-refractivity contribution in [3.05, 3.63) is 23.8 Å². The summed E-state index contributed by atoms with van der Waals surface area (Å²) in [5.41, 5.74) is 7.45. The third-order valence-electron chi connectivity index (χ3n) is 3.22. The van der Waals surface area contributed by atoms with Crippen LogP contribution in [0.15, 0.2) is 23.1 Å². The first kappa shape index (κ1) is 15.9. The van der Waals surface area contributed by atoms with E-state index >= 15 is 0 Å². The molecule has 1 atom stereocenters. The Kier molecular flexibility index (Phi) is 5.29. The molecule has 1 rings (SSSR count). The maximum Gasteiger partial charge on any atom is 0.233 e. The van der Waals surface area contributed by atoms with E-state index in [-0.39, 0.29) is 16.7 Å². The van der Waals surface area contributed by atoms with Crippen molar-refractivity contribution in [3.8, 4) is 0 Å². The van der Waals surface area contributed by atoms with Gasteiger partial charge < -0.3 is 11.1 Å². The van der Waals surface area contributed by atoms with Crippen LogP contribution >= 0.6 is 11.8 Å². The number of carbonyl (C=O) groups excluding carboxylic acids is 1. The minimum atomic E-state index is -0.151. The Morgan fingerprint density at radius 2 is 2.11 bits per heavy atom. The van der Waals surface area contributed by atoms with Crippen molar-refractivity contribution in [2.45, 2.75) is 56.7 Å². The van der Waals surface area contributed by atoms with E-state index in [1.807, 2.05) is 45.9 Å². The number of nitrogen functional groups attached to an aromatic ring is 1. The largest absolute Gasteiger partial charge is 0.399 e. The van der Waals surface area contributed by atoms with Crippen LogP contribution in [0.25, 0.3) is 0 Å². The van der Waals surface area contributed by atoms with E-state index in [9.17, 15) is 4.79 Å². The lowest BCUT2D eigenvalue weighted by Gasteiger charge is -2.26. The average Bonchev–Trinajstić information content (AvgIpc) is 2.32. The van der Waals surface area contributed by atoms with Gasteiger partial charge in [-0.25, -0.2) is 0 Å². The number of nitrogens with one attached hydrogen (secondary N) is 1. The van der Waals surface area contributed by atoms with Crippen LogP contribution in [0.4, 0.5) is 5.69 Å². The van der Waals surface area contributed by atoms with Gasteiger partial charge >= 0.3 is 0 Å². The topological polar surface area (TPSA) is 55.1 Å². The summed E-state index contributed by atoms with van der Waals surface area (Å²) in [6.07, 6.45) is 0.914. The Hall–Kier alpha value is -1.16. The Morgan fingerprint density at radius 3 is 2.63 bits per heavy atom. The molecule has 106 valence electrons. The average molecular weight is 280 g/mol. The molecular formula is C15H24N2OS. The maximum absolute atomic E-state index is 12.1. The first-order chi connectivity index (χ1) is 8.75. The molecule has 4 heteroatoms. The summed E-state index contributed by atoms with van der Waals surface area (Å²) in [6, 6.07) is 5.78. The van der Waals surface area contributed by atoms with Gasteiger partial charge in [-0.1, -0.05) is 6.92 Å². The lowest BCUT2D eigenvalue weighted by atomic mass is 10.0. The normalized spacial score (nSPS) is 13.1. The van der Waals surface area contributed by atoms with Gasteiger partial charge in [0.2, 0.25) is 5.91 Å². The van der Waals surface area contributed by atoms with Crippen molar-refractivity contribution in [1.29, 1.82) is 0 Å². The van der Waals surface area contributed by atoms with Crippen LogP contribution in [0.5, 0.6) is 0 Å². The van der Waals surface area contributed by atoms with Crippen molar-refractivity contribution < 1.29 is 4.79 Å². The molecule has 0 heterocycles. The molecule has 1 unspecified atom stereocenters. The first-order valence-corrected chi connectivity index (χ1v) is 7.48. The monoisotopic (exact) mass is 280 g/mol. The lowest BCUT2D eigenvalue weighted by Crippen LogP contribution is -2.46. The highest BCUT2D eigenvalue weighted by Gasteiger charge is 2.22. The first-order valence-electron chi connectivity index (χ1n) is 6.60. The summed E-state index contributed by atoms with van der Waals surface area (Å²) in [7, 11) is 0. The van der Waals surface area contributed by atoms with Crippen molar-refractivity contribution in [2.75, 3.05) is 5.73 Å². The van der Waals surface area contributed by atoms with Gasteiger partial charge in [-0.3, -0.25) is 4.79 Å². The molecule has 0 aliphatic rings. The van der Waals surface area contributed by atoms with Gasteiger partial charge in [0.15, 0.2) is 0 Å². The van der Waals surface area contributed by atoms with Crippen molar-refractivity contribution in [2.24, 2.45) is 0 Å². The third-order valence-corrected chi connectivity index (χ3v) is 4.50. The molecule has 0 aliphatic heterocycles. The van der Waals surface area contributed by atoms with Crippen LogP contribution in [0, 0.1) is 6.92 Å². The van der Waals surface area contributed by atoms with Crippen LogP contribution in [0.2, 0.25) is 0 Å². The summed E-state index contributed by atoms with van der Waals surface area (Å²) >= 11 is 1.57. The number of benzene rings is 1. The summed E-state index contributed by atoms with van der Waals surface area (Å²) in [5.74, 6) is 0.0769. The highest BCUT2D eigenvalue weighted by Crippen LogP contribution is 2.28. The quantitative estimate of drug-likeness (QED) is 0.642. The van der Waals surface area contributed by atoms with Crippen molar-refractivity contribution in [3.63, 3.8) is 0 Å². The fourth-order valence-corrected chi connectivity index (χ4v) is 2.51. The molecule has 3 nitrogen and oxygen atoms in total. The molecule has 0 saturated heterocycles. The van der Waals surface area contributed by atoms with Crippen LogP contribution in [0.1, 0.15) is 39.7 Å². The fourth-order valence-electron chi connectivity index (χ4n) is 1.57. The Bertz CT molecular complexity index is 457. The molecule has 1 aromatic carbocycles. The minimum absolute atomic E-state index is 0.0769. The molecule has 1 amide bonds. The van der Waals surface area contributed by atoms with Gasteiger partial charge in [0.05, 0.1) is 5.25 Å². The molecule has 0 aliphatic carbocycles. The standard InChI is InChI=1S/C15H24N2OS/c1-6-15(4,5)17-14(18)11(3)19-13-8-7-12(16)9-10(13)2/h7-9,11H,6,16H2,1-5H3,(H,17,18). The van der Waals surface area contributed by atoms with Gasteiger partial charge in [0.1, 0.15) is 0 Å². The zero-order chi connectivity index (χ0) is 14.6. The zero-order valence-corrected chi connectivity index (χ0v) is 13.2. The van der Waals surface area contributed by atoms with E-state index in [2.05, 4.69) is 12.2 Å². The van der Waals surface area contributed by atoms with Gasteiger partial charge in [0.25, 0.3) is 0 Å². The highest BCUT2D eigenvalue weighted by molar-refractivity contribution is 8.00. The molecule has 1 aromatic rings. The molecule has 0 radical (unpaired) electrons.